The third-order valence-electron chi connectivity index (χ3n) is 3.60. The normalized spacial score (nSPS) is 21.2. The van der Waals surface area contributed by atoms with Crippen molar-refractivity contribution >= 4 is 23.7 Å². The van der Waals surface area contributed by atoms with E-state index in [2.05, 4.69) is 0 Å². The smallest absolute Gasteiger partial charge is 0.171 e. The number of carbonyl (C=O) groups is 2. The maximum atomic E-state index is 12.5. The molecule has 0 saturated carbocycles. The molecule has 1 aliphatic rings. The maximum Gasteiger partial charge on any atom is 0.171 e. The highest BCUT2D eigenvalue weighted by Crippen LogP contribution is 2.42. The number of benzene rings is 2. The summed E-state index contributed by atoms with van der Waals surface area (Å²) in [5, 5.41) is 0.620. The monoisotopic (exact) mass is 270 g/mol. The number of hydrogen-bond acceptors (Lipinski definition) is 2. The Bertz CT molecular complexity index is 646. The molecule has 3 heteroatoms. The molecule has 0 heterocycles. The highest BCUT2D eigenvalue weighted by atomic mass is 35.5. The first-order chi connectivity index (χ1) is 9.22. The fraction of sp³-hybridized carbons (Fsp3) is 0.125. The molecule has 3 rings (SSSR count). The van der Waals surface area contributed by atoms with E-state index >= 15 is 0 Å². The Balaban J connectivity index is 2.11. The summed E-state index contributed by atoms with van der Waals surface area (Å²) in [5.41, 5.74) is 2.31. The average molecular weight is 271 g/mol. The summed E-state index contributed by atoms with van der Waals surface area (Å²) < 4.78 is 0. The van der Waals surface area contributed by atoms with Gasteiger partial charge in [0, 0.05) is 10.6 Å². The second kappa shape index (κ2) is 4.63. The van der Waals surface area contributed by atoms with Crippen molar-refractivity contribution in [3.05, 3.63) is 70.2 Å². The minimum atomic E-state index is -0.424. The van der Waals surface area contributed by atoms with E-state index in [-0.39, 0.29) is 5.78 Å². The van der Waals surface area contributed by atoms with Crippen LogP contribution < -0.4 is 0 Å². The Kier molecular flexibility index (Phi) is 2.96. The molecule has 0 N–H and O–H groups in total. The molecule has 2 nitrogen and oxygen atoms in total. The van der Waals surface area contributed by atoms with E-state index in [4.69, 9.17) is 11.6 Å². The van der Waals surface area contributed by atoms with Crippen molar-refractivity contribution in [2.45, 2.75) is 11.8 Å². The molecule has 2 aromatic carbocycles. The van der Waals surface area contributed by atoms with E-state index < -0.39 is 11.8 Å². The van der Waals surface area contributed by atoms with E-state index in [0.29, 0.717) is 10.6 Å². The van der Waals surface area contributed by atoms with Crippen molar-refractivity contribution in [3.63, 3.8) is 0 Å². The lowest BCUT2D eigenvalue weighted by atomic mass is 9.87. The SMILES string of the molecule is O=CC1c2ccccc2C(=O)C1c1ccc(Cl)cc1. The Hall–Kier alpha value is -1.93. The molecule has 19 heavy (non-hydrogen) atoms. The number of halogens is 1. The Morgan fingerprint density at radius 3 is 2.37 bits per heavy atom. The predicted octanol–water partition coefficient (Wildman–Crippen LogP) is 3.60. The molecule has 0 fully saturated rings. The van der Waals surface area contributed by atoms with Crippen molar-refractivity contribution in [2.24, 2.45) is 0 Å². The first-order valence-electron chi connectivity index (χ1n) is 6.06. The minimum Gasteiger partial charge on any atom is -0.303 e. The van der Waals surface area contributed by atoms with Crippen LogP contribution in [0.4, 0.5) is 0 Å². The van der Waals surface area contributed by atoms with Gasteiger partial charge in [0.25, 0.3) is 0 Å². The van der Waals surface area contributed by atoms with Crippen molar-refractivity contribution in [1.29, 1.82) is 0 Å². The van der Waals surface area contributed by atoms with Crippen LogP contribution in [0.25, 0.3) is 0 Å². The molecule has 0 aromatic heterocycles. The second-order valence-electron chi connectivity index (χ2n) is 4.64. The van der Waals surface area contributed by atoms with E-state index in [1.165, 1.54) is 0 Å². The van der Waals surface area contributed by atoms with Crippen molar-refractivity contribution in [3.8, 4) is 0 Å². The van der Waals surface area contributed by atoms with Gasteiger partial charge >= 0.3 is 0 Å². The molecule has 1 aliphatic carbocycles. The number of Topliss-reactive ketones (excluding diaryl/α,β-unsaturated/α-hetero) is 1. The van der Waals surface area contributed by atoms with Crippen LogP contribution in [0.15, 0.2) is 48.5 Å². The van der Waals surface area contributed by atoms with E-state index in [0.717, 1.165) is 17.4 Å². The van der Waals surface area contributed by atoms with Gasteiger partial charge in [-0.25, -0.2) is 0 Å². The zero-order chi connectivity index (χ0) is 13.4. The van der Waals surface area contributed by atoms with E-state index in [1.54, 1.807) is 18.2 Å². The number of ketones is 1. The Morgan fingerprint density at radius 1 is 1.00 bits per heavy atom. The van der Waals surface area contributed by atoms with Crippen LogP contribution in [0.2, 0.25) is 5.02 Å². The van der Waals surface area contributed by atoms with Gasteiger partial charge in [-0.15, -0.1) is 0 Å². The molecule has 94 valence electrons. The lowest BCUT2D eigenvalue weighted by Gasteiger charge is -2.14. The molecule has 0 spiro atoms. The van der Waals surface area contributed by atoms with Crippen LogP contribution in [0.3, 0.4) is 0 Å². The minimum absolute atomic E-state index is 0.00928. The van der Waals surface area contributed by atoms with Gasteiger partial charge in [0.2, 0.25) is 0 Å². The molecule has 2 atom stereocenters. The molecular formula is C16H11ClO2. The van der Waals surface area contributed by atoms with Crippen LogP contribution in [0, 0.1) is 0 Å². The summed E-state index contributed by atoms with van der Waals surface area (Å²) in [4.78, 5) is 23.8. The predicted molar refractivity (Wildman–Crippen MR) is 73.8 cm³/mol. The third kappa shape index (κ3) is 1.89. The van der Waals surface area contributed by atoms with Crippen LogP contribution in [0.1, 0.15) is 33.3 Å². The third-order valence-corrected chi connectivity index (χ3v) is 3.85. The molecular weight excluding hydrogens is 260 g/mol. The zero-order valence-electron chi connectivity index (χ0n) is 10.0. The molecule has 0 radical (unpaired) electrons. The summed E-state index contributed by atoms with van der Waals surface area (Å²) in [7, 11) is 0. The highest BCUT2D eigenvalue weighted by molar-refractivity contribution is 6.30. The topological polar surface area (TPSA) is 34.1 Å². The lowest BCUT2D eigenvalue weighted by molar-refractivity contribution is -0.109. The molecule has 2 aromatic rings. The maximum absolute atomic E-state index is 12.5. The summed E-state index contributed by atoms with van der Waals surface area (Å²) in [6, 6.07) is 14.4. The summed E-state index contributed by atoms with van der Waals surface area (Å²) in [5.74, 6) is -0.813. The largest absolute Gasteiger partial charge is 0.303 e. The fourth-order valence-corrected chi connectivity index (χ4v) is 2.83. The first-order valence-corrected chi connectivity index (χ1v) is 6.44. The quantitative estimate of drug-likeness (QED) is 0.782. The summed E-state index contributed by atoms with van der Waals surface area (Å²) in [6.45, 7) is 0. The first kappa shape index (κ1) is 12.1. The molecule has 0 saturated heterocycles. The number of hydrogen-bond donors (Lipinski definition) is 0. The van der Waals surface area contributed by atoms with Crippen LogP contribution in [-0.4, -0.2) is 12.1 Å². The van der Waals surface area contributed by atoms with Gasteiger partial charge in [-0.3, -0.25) is 4.79 Å². The van der Waals surface area contributed by atoms with Crippen LogP contribution in [-0.2, 0) is 4.79 Å². The number of carbonyl (C=O) groups excluding carboxylic acids is 2. The van der Waals surface area contributed by atoms with Gasteiger partial charge in [0.1, 0.15) is 6.29 Å². The zero-order valence-corrected chi connectivity index (χ0v) is 10.8. The van der Waals surface area contributed by atoms with Crippen LogP contribution in [0.5, 0.6) is 0 Å². The van der Waals surface area contributed by atoms with Gasteiger partial charge in [-0.05, 0) is 23.3 Å². The Labute approximate surface area is 116 Å². The summed E-state index contributed by atoms with van der Waals surface area (Å²) in [6.07, 6.45) is 0.864. The van der Waals surface area contributed by atoms with Crippen molar-refractivity contribution in [1.82, 2.24) is 0 Å². The summed E-state index contributed by atoms with van der Waals surface area (Å²) >= 11 is 5.86. The van der Waals surface area contributed by atoms with Gasteiger partial charge in [-0.2, -0.15) is 0 Å². The molecule has 2 unspecified atom stereocenters. The number of rotatable bonds is 2. The van der Waals surface area contributed by atoms with E-state index in [9.17, 15) is 9.59 Å². The van der Waals surface area contributed by atoms with Gasteiger partial charge in [0.05, 0.1) is 11.8 Å². The fourth-order valence-electron chi connectivity index (χ4n) is 2.70. The average Bonchev–Trinajstić information content (AvgIpc) is 2.73. The van der Waals surface area contributed by atoms with Crippen molar-refractivity contribution < 1.29 is 9.59 Å². The Morgan fingerprint density at radius 2 is 1.68 bits per heavy atom. The lowest BCUT2D eigenvalue weighted by Crippen LogP contribution is -2.12. The number of fused-ring (bicyclic) bond motifs is 1. The standard InChI is InChI=1S/C16H11ClO2/c17-11-7-5-10(6-8-11)15-14(9-18)12-3-1-2-4-13(12)16(15)19/h1-9,14-15H. The van der Waals surface area contributed by atoms with Crippen molar-refractivity contribution in [2.75, 3.05) is 0 Å². The van der Waals surface area contributed by atoms with Gasteiger partial charge < -0.3 is 4.79 Å². The van der Waals surface area contributed by atoms with E-state index in [1.807, 2.05) is 30.3 Å². The second-order valence-corrected chi connectivity index (χ2v) is 5.08. The molecule has 0 bridgehead atoms. The van der Waals surface area contributed by atoms with Gasteiger partial charge in [-0.1, -0.05) is 48.0 Å². The van der Waals surface area contributed by atoms with Gasteiger partial charge in [0.15, 0.2) is 5.78 Å². The number of aldehydes is 1. The highest BCUT2D eigenvalue weighted by Gasteiger charge is 2.40. The molecule has 0 aliphatic heterocycles. The van der Waals surface area contributed by atoms with Crippen LogP contribution >= 0.6 is 11.6 Å². The molecule has 0 amide bonds.